The smallest absolute Gasteiger partial charge is 0.241 e. The summed E-state index contributed by atoms with van der Waals surface area (Å²) in [5.41, 5.74) is 2.52. The fraction of sp³-hybridized carbons (Fsp3) is 0.652. The molecule has 0 bridgehead atoms. The Morgan fingerprint density at radius 2 is 1.66 bits per heavy atom. The minimum atomic E-state index is 0. The number of aliphatic imine (C=N–C) groups is 1. The highest BCUT2D eigenvalue weighted by Gasteiger charge is 2.12. The summed E-state index contributed by atoms with van der Waals surface area (Å²) in [6, 6.07) is 8.73. The van der Waals surface area contributed by atoms with Crippen LogP contribution in [0.5, 0.6) is 0 Å². The first-order valence-corrected chi connectivity index (χ1v) is 11.4. The molecule has 0 unspecified atom stereocenters. The van der Waals surface area contributed by atoms with Crippen LogP contribution >= 0.6 is 24.0 Å². The molecule has 9 heteroatoms. The van der Waals surface area contributed by atoms with E-state index in [1.54, 1.807) is 19.0 Å². The molecule has 0 radical (unpaired) electrons. The highest BCUT2D eigenvalue weighted by Crippen LogP contribution is 2.13. The number of morpholine rings is 1. The first-order chi connectivity index (χ1) is 15.1. The van der Waals surface area contributed by atoms with Gasteiger partial charge in [0, 0.05) is 46.8 Å². The predicted molar refractivity (Wildman–Crippen MR) is 139 cm³/mol. The van der Waals surface area contributed by atoms with E-state index >= 15 is 0 Å². The Morgan fingerprint density at radius 1 is 1.00 bits per heavy atom. The molecule has 1 aromatic rings. The van der Waals surface area contributed by atoms with Gasteiger partial charge in [-0.3, -0.25) is 14.6 Å². The molecule has 0 spiro atoms. The Kier molecular flexibility index (Phi) is 12.3. The molecule has 1 aromatic carbocycles. The van der Waals surface area contributed by atoms with Crippen LogP contribution in [0.1, 0.15) is 24.0 Å². The Bertz CT molecular complexity index is 701. The molecule has 2 aliphatic heterocycles. The second-order valence-electron chi connectivity index (χ2n) is 8.49. The summed E-state index contributed by atoms with van der Waals surface area (Å²) in [6.45, 7) is 9.48. The number of guanidine groups is 1. The zero-order valence-electron chi connectivity index (χ0n) is 19.5. The van der Waals surface area contributed by atoms with E-state index in [0.717, 1.165) is 45.9 Å². The normalized spacial score (nSPS) is 17.6. The van der Waals surface area contributed by atoms with E-state index in [1.807, 2.05) is 0 Å². The number of benzene rings is 1. The van der Waals surface area contributed by atoms with Crippen molar-refractivity contribution in [1.29, 1.82) is 0 Å². The van der Waals surface area contributed by atoms with Gasteiger partial charge in [0.2, 0.25) is 5.91 Å². The second-order valence-corrected chi connectivity index (χ2v) is 8.49. The summed E-state index contributed by atoms with van der Waals surface area (Å²) in [7, 11) is 3.52. The Hall–Kier alpha value is -1.43. The molecule has 2 fully saturated rings. The van der Waals surface area contributed by atoms with Gasteiger partial charge in [0.15, 0.2) is 5.96 Å². The first-order valence-electron chi connectivity index (χ1n) is 11.4. The topological polar surface area (TPSA) is 72.4 Å². The number of hydrogen-bond donors (Lipinski definition) is 2. The quantitative estimate of drug-likeness (QED) is 0.271. The highest BCUT2D eigenvalue weighted by atomic mass is 127. The zero-order valence-corrected chi connectivity index (χ0v) is 21.8. The summed E-state index contributed by atoms with van der Waals surface area (Å²) in [5.74, 6) is 0.693. The average Bonchev–Trinajstić information content (AvgIpc) is 3.29. The molecule has 2 aliphatic rings. The number of carbonyl (C=O) groups excluding carboxylic acids is 1. The number of nitrogens with one attached hydrogen (secondary N) is 2. The monoisotopic (exact) mass is 558 g/mol. The Balaban J connectivity index is 0.00000363. The number of nitrogens with zero attached hydrogens (tertiary/aromatic N) is 4. The first kappa shape index (κ1) is 26.8. The third-order valence-corrected chi connectivity index (χ3v) is 5.78. The van der Waals surface area contributed by atoms with Crippen molar-refractivity contribution in [2.24, 2.45) is 4.99 Å². The van der Waals surface area contributed by atoms with Gasteiger partial charge < -0.3 is 20.3 Å². The molecular weight excluding hydrogens is 519 g/mol. The van der Waals surface area contributed by atoms with Crippen molar-refractivity contribution >= 4 is 35.8 Å². The van der Waals surface area contributed by atoms with E-state index in [4.69, 9.17) is 9.73 Å². The summed E-state index contributed by atoms with van der Waals surface area (Å²) < 4.78 is 5.40. The van der Waals surface area contributed by atoms with Crippen LogP contribution in [0.4, 0.5) is 0 Å². The number of carbonyl (C=O) groups is 1. The van der Waals surface area contributed by atoms with Crippen LogP contribution in [0.15, 0.2) is 29.3 Å². The molecule has 2 N–H and O–H groups in total. The van der Waals surface area contributed by atoms with Gasteiger partial charge in [0.05, 0.1) is 26.3 Å². The van der Waals surface area contributed by atoms with Crippen LogP contribution < -0.4 is 10.6 Å². The largest absolute Gasteiger partial charge is 0.379 e. The lowest BCUT2D eigenvalue weighted by atomic mass is 10.1. The van der Waals surface area contributed by atoms with Crippen molar-refractivity contribution in [2.75, 3.05) is 73.1 Å². The van der Waals surface area contributed by atoms with Crippen molar-refractivity contribution < 1.29 is 9.53 Å². The Morgan fingerprint density at radius 3 is 2.31 bits per heavy atom. The number of amides is 1. The third-order valence-electron chi connectivity index (χ3n) is 5.78. The molecule has 0 aromatic heterocycles. The maximum absolute atomic E-state index is 12.0. The van der Waals surface area contributed by atoms with Crippen molar-refractivity contribution in [2.45, 2.75) is 25.9 Å². The fourth-order valence-corrected chi connectivity index (χ4v) is 3.77. The summed E-state index contributed by atoms with van der Waals surface area (Å²) in [5, 5.41) is 6.54. The standard InChI is InChI=1S/C23H38N6O2.HI/c1-27(2)22(30)18-26-23(24-9-12-28-13-15-31-16-14-28)25-17-20-5-7-21(8-6-20)19-29-10-3-4-11-29;/h5-8H,3-4,9-19H2,1-2H3,(H2,24,25,26);1H. The van der Waals surface area contributed by atoms with Gasteiger partial charge in [0.25, 0.3) is 0 Å². The van der Waals surface area contributed by atoms with Crippen LogP contribution in [0.3, 0.4) is 0 Å². The molecule has 8 nitrogen and oxygen atoms in total. The Labute approximate surface area is 209 Å². The molecular formula is C23H39IN6O2. The van der Waals surface area contributed by atoms with Gasteiger partial charge in [-0.2, -0.15) is 0 Å². The number of ether oxygens (including phenoxy) is 1. The van der Waals surface area contributed by atoms with Crippen molar-refractivity contribution in [3.05, 3.63) is 35.4 Å². The van der Waals surface area contributed by atoms with Crippen LogP contribution in [0.25, 0.3) is 0 Å². The van der Waals surface area contributed by atoms with Crippen molar-refractivity contribution in [3.63, 3.8) is 0 Å². The van der Waals surface area contributed by atoms with Crippen LogP contribution in [-0.2, 0) is 22.6 Å². The lowest BCUT2D eigenvalue weighted by Crippen LogP contribution is -2.46. The van der Waals surface area contributed by atoms with E-state index in [-0.39, 0.29) is 36.4 Å². The van der Waals surface area contributed by atoms with Gasteiger partial charge in [-0.15, -0.1) is 24.0 Å². The molecule has 2 heterocycles. The SMILES string of the molecule is CN(C)C(=O)CNC(=NCc1ccc(CN2CCCC2)cc1)NCCN1CCOCC1.I. The molecule has 0 aliphatic carbocycles. The van der Waals surface area contributed by atoms with Gasteiger partial charge in [-0.1, -0.05) is 24.3 Å². The van der Waals surface area contributed by atoms with Crippen molar-refractivity contribution in [3.8, 4) is 0 Å². The van der Waals surface area contributed by atoms with Gasteiger partial charge >= 0.3 is 0 Å². The molecule has 0 saturated carbocycles. The molecule has 0 atom stereocenters. The average molecular weight is 559 g/mol. The second kappa shape index (κ2) is 14.7. The number of halogens is 1. The van der Waals surface area contributed by atoms with E-state index < -0.39 is 0 Å². The zero-order chi connectivity index (χ0) is 21.9. The minimum Gasteiger partial charge on any atom is -0.379 e. The number of rotatable bonds is 9. The molecule has 2 saturated heterocycles. The maximum Gasteiger partial charge on any atom is 0.241 e. The lowest BCUT2D eigenvalue weighted by Gasteiger charge is -2.26. The number of likely N-dealkylation sites (N-methyl/N-ethyl adjacent to an activating group) is 1. The van der Waals surface area contributed by atoms with Crippen LogP contribution in [-0.4, -0.2) is 99.7 Å². The van der Waals surface area contributed by atoms with Crippen LogP contribution in [0, 0.1) is 0 Å². The third kappa shape index (κ3) is 9.60. The minimum absolute atomic E-state index is 0. The van der Waals surface area contributed by atoms with Crippen molar-refractivity contribution in [1.82, 2.24) is 25.3 Å². The molecule has 3 rings (SSSR count). The lowest BCUT2D eigenvalue weighted by molar-refractivity contribution is -0.127. The molecule has 1 amide bonds. The summed E-state index contributed by atoms with van der Waals surface area (Å²) in [6.07, 6.45) is 2.63. The summed E-state index contributed by atoms with van der Waals surface area (Å²) >= 11 is 0. The van der Waals surface area contributed by atoms with Gasteiger partial charge in [0.1, 0.15) is 0 Å². The van der Waals surface area contributed by atoms with Gasteiger partial charge in [-0.05, 0) is 37.1 Å². The predicted octanol–water partition coefficient (Wildman–Crippen LogP) is 1.36. The molecule has 32 heavy (non-hydrogen) atoms. The van der Waals surface area contributed by atoms with Crippen LogP contribution in [0.2, 0.25) is 0 Å². The van der Waals surface area contributed by atoms with Gasteiger partial charge in [-0.25, -0.2) is 4.99 Å². The summed E-state index contributed by atoms with van der Waals surface area (Å²) in [4.78, 5) is 23.2. The maximum atomic E-state index is 12.0. The van der Waals surface area contributed by atoms with E-state index in [0.29, 0.717) is 12.5 Å². The number of hydrogen-bond acceptors (Lipinski definition) is 5. The fourth-order valence-electron chi connectivity index (χ4n) is 3.77. The molecule has 180 valence electrons. The van der Waals surface area contributed by atoms with E-state index in [1.165, 1.54) is 37.1 Å². The van der Waals surface area contributed by atoms with E-state index in [9.17, 15) is 4.79 Å². The number of likely N-dealkylation sites (tertiary alicyclic amines) is 1. The van der Waals surface area contributed by atoms with E-state index in [2.05, 4.69) is 44.7 Å². The highest BCUT2D eigenvalue weighted by molar-refractivity contribution is 14.0.